The van der Waals surface area contributed by atoms with Gasteiger partial charge in [-0.15, -0.1) is 0 Å². The van der Waals surface area contributed by atoms with Gasteiger partial charge in [-0.1, -0.05) is 11.6 Å². The molecule has 0 aromatic carbocycles. The van der Waals surface area contributed by atoms with E-state index in [-0.39, 0.29) is 5.97 Å². The van der Waals surface area contributed by atoms with E-state index in [9.17, 15) is 4.79 Å². The molecule has 2 rings (SSSR count). The van der Waals surface area contributed by atoms with Crippen LogP contribution < -0.4 is 0 Å². The highest BCUT2D eigenvalue weighted by molar-refractivity contribution is 5.71. The number of carbonyl (C=O) groups is 1. The number of rotatable bonds is 3. The molecule has 0 radical (unpaired) electrons. The van der Waals surface area contributed by atoms with Crippen LogP contribution in [0.5, 0.6) is 0 Å². The van der Waals surface area contributed by atoms with Gasteiger partial charge in [0, 0.05) is 0 Å². The van der Waals surface area contributed by atoms with E-state index in [0.29, 0.717) is 25.2 Å². The van der Waals surface area contributed by atoms with Crippen molar-refractivity contribution in [1.29, 1.82) is 0 Å². The lowest BCUT2D eigenvalue weighted by Crippen LogP contribution is -2.19. The Morgan fingerprint density at radius 1 is 1.47 bits per heavy atom. The summed E-state index contributed by atoms with van der Waals surface area (Å²) in [6.07, 6.45) is 7.66. The molecule has 0 saturated carbocycles. The fraction of sp³-hybridized carbons (Fsp3) is 0.750. The van der Waals surface area contributed by atoms with Gasteiger partial charge in [-0.25, -0.2) is 0 Å². The Hall–Kier alpha value is -0.830. The van der Waals surface area contributed by atoms with Gasteiger partial charge in [-0.05, 0) is 32.6 Å². The molecule has 3 nitrogen and oxygen atoms in total. The van der Waals surface area contributed by atoms with Gasteiger partial charge in [-0.3, -0.25) is 4.79 Å². The minimum atomic E-state index is -0.121. The summed E-state index contributed by atoms with van der Waals surface area (Å²) >= 11 is 0. The number of hydrogen-bond donors (Lipinski definition) is 0. The molecule has 2 aliphatic rings. The largest absolute Gasteiger partial charge is 0.466 e. The van der Waals surface area contributed by atoms with E-state index in [1.807, 2.05) is 13.0 Å². The first-order chi connectivity index (χ1) is 7.28. The van der Waals surface area contributed by atoms with E-state index >= 15 is 0 Å². The standard InChI is InChI=1S/C12H18O3/c1-2-14-12(13)6-3-9-7-10-4-5-11(8-9)15-10/h3,10-11H,2,4-8H2,1H3. The average Bonchev–Trinajstić information content (AvgIpc) is 2.56. The molecule has 84 valence electrons. The van der Waals surface area contributed by atoms with Crippen LogP contribution in [0.2, 0.25) is 0 Å². The number of fused-ring (bicyclic) bond motifs is 2. The number of carbonyl (C=O) groups excluding carboxylic acids is 1. The van der Waals surface area contributed by atoms with E-state index < -0.39 is 0 Å². The first-order valence-corrected chi connectivity index (χ1v) is 5.77. The first kappa shape index (κ1) is 10.7. The number of ether oxygens (including phenoxy) is 2. The summed E-state index contributed by atoms with van der Waals surface area (Å²) in [6.45, 7) is 2.30. The fourth-order valence-electron chi connectivity index (χ4n) is 2.36. The Morgan fingerprint density at radius 3 is 2.73 bits per heavy atom. The van der Waals surface area contributed by atoms with E-state index in [1.165, 1.54) is 18.4 Å². The Labute approximate surface area is 90.4 Å². The highest BCUT2D eigenvalue weighted by atomic mass is 16.5. The van der Waals surface area contributed by atoms with Crippen molar-refractivity contribution in [3.8, 4) is 0 Å². The van der Waals surface area contributed by atoms with Gasteiger partial charge in [0.15, 0.2) is 0 Å². The smallest absolute Gasteiger partial charge is 0.309 e. The van der Waals surface area contributed by atoms with E-state index in [2.05, 4.69) is 0 Å². The molecule has 0 amide bonds. The molecule has 0 aromatic rings. The maximum Gasteiger partial charge on any atom is 0.309 e. The van der Waals surface area contributed by atoms with Crippen LogP contribution >= 0.6 is 0 Å². The maximum atomic E-state index is 11.2. The van der Waals surface area contributed by atoms with Crippen molar-refractivity contribution in [3.63, 3.8) is 0 Å². The zero-order valence-electron chi connectivity index (χ0n) is 9.20. The van der Waals surface area contributed by atoms with E-state index in [0.717, 1.165) is 12.8 Å². The summed E-state index contributed by atoms with van der Waals surface area (Å²) in [5, 5.41) is 0. The third-order valence-corrected chi connectivity index (χ3v) is 3.04. The summed E-state index contributed by atoms with van der Waals surface area (Å²) < 4.78 is 10.6. The van der Waals surface area contributed by atoms with Crippen molar-refractivity contribution in [2.45, 2.75) is 51.2 Å². The molecule has 2 unspecified atom stereocenters. The Balaban J connectivity index is 1.83. The molecule has 0 spiro atoms. The molecular weight excluding hydrogens is 192 g/mol. The van der Waals surface area contributed by atoms with Crippen LogP contribution in [0.15, 0.2) is 11.6 Å². The van der Waals surface area contributed by atoms with Crippen LogP contribution in [0.25, 0.3) is 0 Å². The quantitative estimate of drug-likeness (QED) is 0.529. The minimum absolute atomic E-state index is 0.121. The van der Waals surface area contributed by atoms with Gasteiger partial charge < -0.3 is 9.47 Å². The van der Waals surface area contributed by atoms with Crippen molar-refractivity contribution in [1.82, 2.24) is 0 Å². The molecule has 2 atom stereocenters. The number of hydrogen-bond acceptors (Lipinski definition) is 3. The lowest BCUT2D eigenvalue weighted by molar-refractivity contribution is -0.142. The molecular formula is C12H18O3. The lowest BCUT2D eigenvalue weighted by Gasteiger charge is -2.22. The lowest BCUT2D eigenvalue weighted by atomic mass is 10.0. The highest BCUT2D eigenvalue weighted by Crippen LogP contribution is 2.35. The zero-order chi connectivity index (χ0) is 10.7. The van der Waals surface area contributed by atoms with Gasteiger partial charge in [0.05, 0.1) is 25.2 Å². The molecule has 2 fully saturated rings. The summed E-state index contributed by atoms with van der Waals surface area (Å²) in [5.41, 5.74) is 1.38. The van der Waals surface area contributed by atoms with Crippen LogP contribution in [0.3, 0.4) is 0 Å². The molecule has 2 heterocycles. The molecule has 2 aliphatic heterocycles. The highest BCUT2D eigenvalue weighted by Gasteiger charge is 2.31. The first-order valence-electron chi connectivity index (χ1n) is 5.77. The molecule has 0 aliphatic carbocycles. The Kier molecular flexibility index (Phi) is 3.41. The second-order valence-corrected chi connectivity index (χ2v) is 4.24. The summed E-state index contributed by atoms with van der Waals surface area (Å²) in [5.74, 6) is -0.121. The second kappa shape index (κ2) is 4.79. The van der Waals surface area contributed by atoms with Crippen molar-refractivity contribution >= 4 is 5.97 Å². The maximum absolute atomic E-state index is 11.2. The van der Waals surface area contributed by atoms with Gasteiger partial charge >= 0.3 is 5.97 Å². The normalized spacial score (nSPS) is 29.0. The fourth-order valence-corrected chi connectivity index (χ4v) is 2.36. The van der Waals surface area contributed by atoms with Crippen LogP contribution in [-0.2, 0) is 14.3 Å². The summed E-state index contributed by atoms with van der Waals surface area (Å²) in [4.78, 5) is 11.2. The third kappa shape index (κ3) is 2.81. The SMILES string of the molecule is CCOC(=O)CC=C1CC2CCC(C1)O2. The van der Waals surface area contributed by atoms with Gasteiger partial charge in [0.2, 0.25) is 0 Å². The predicted molar refractivity (Wildman–Crippen MR) is 56.5 cm³/mol. The van der Waals surface area contributed by atoms with Crippen LogP contribution in [0.4, 0.5) is 0 Å². The van der Waals surface area contributed by atoms with Crippen LogP contribution in [-0.4, -0.2) is 24.8 Å². The molecule has 15 heavy (non-hydrogen) atoms. The van der Waals surface area contributed by atoms with Crippen molar-refractivity contribution in [2.75, 3.05) is 6.61 Å². The molecule has 0 aromatic heterocycles. The molecule has 3 heteroatoms. The monoisotopic (exact) mass is 210 g/mol. The van der Waals surface area contributed by atoms with E-state index in [1.54, 1.807) is 0 Å². The second-order valence-electron chi connectivity index (χ2n) is 4.24. The van der Waals surface area contributed by atoms with E-state index in [4.69, 9.17) is 9.47 Å². The minimum Gasteiger partial charge on any atom is -0.466 e. The van der Waals surface area contributed by atoms with Gasteiger partial charge in [0.25, 0.3) is 0 Å². The topological polar surface area (TPSA) is 35.5 Å². The molecule has 2 saturated heterocycles. The average molecular weight is 210 g/mol. The zero-order valence-corrected chi connectivity index (χ0v) is 9.20. The van der Waals surface area contributed by atoms with Gasteiger partial charge in [0.1, 0.15) is 0 Å². The number of esters is 1. The van der Waals surface area contributed by atoms with Crippen LogP contribution in [0, 0.1) is 0 Å². The van der Waals surface area contributed by atoms with Crippen molar-refractivity contribution < 1.29 is 14.3 Å². The van der Waals surface area contributed by atoms with Crippen LogP contribution in [0.1, 0.15) is 39.0 Å². The molecule has 0 N–H and O–H groups in total. The Morgan fingerprint density at radius 2 is 2.13 bits per heavy atom. The van der Waals surface area contributed by atoms with Crippen molar-refractivity contribution in [2.24, 2.45) is 0 Å². The summed E-state index contributed by atoms with van der Waals surface area (Å²) in [6, 6.07) is 0. The van der Waals surface area contributed by atoms with Crippen molar-refractivity contribution in [3.05, 3.63) is 11.6 Å². The van der Waals surface area contributed by atoms with Gasteiger partial charge in [-0.2, -0.15) is 0 Å². The summed E-state index contributed by atoms with van der Waals surface area (Å²) in [7, 11) is 0. The third-order valence-electron chi connectivity index (χ3n) is 3.04. The molecule has 2 bridgehead atoms. The Bertz CT molecular complexity index is 256. The predicted octanol–water partition coefficient (Wildman–Crippen LogP) is 2.21.